The summed E-state index contributed by atoms with van der Waals surface area (Å²) in [4.78, 5) is 26.2. The number of nitrogens with two attached hydrogens (primary N) is 1. The van der Waals surface area contributed by atoms with Crippen molar-refractivity contribution in [3.05, 3.63) is 29.3 Å². The van der Waals surface area contributed by atoms with E-state index in [-0.39, 0.29) is 36.2 Å². The van der Waals surface area contributed by atoms with Crippen molar-refractivity contribution in [1.82, 2.24) is 4.90 Å². The summed E-state index contributed by atoms with van der Waals surface area (Å²) in [6.45, 7) is 1.88. The number of fused-ring (bicyclic) bond motifs is 2. The van der Waals surface area contributed by atoms with Crippen molar-refractivity contribution in [2.24, 2.45) is 23.5 Å². The van der Waals surface area contributed by atoms with Gasteiger partial charge in [-0.1, -0.05) is 0 Å². The Labute approximate surface area is 149 Å². The van der Waals surface area contributed by atoms with E-state index in [1.54, 1.807) is 31.1 Å². The topological polar surface area (TPSA) is 75.4 Å². The Bertz CT molecular complexity index is 645. The van der Waals surface area contributed by atoms with E-state index in [0.29, 0.717) is 17.4 Å². The molecule has 6 heteroatoms. The van der Waals surface area contributed by atoms with Gasteiger partial charge in [-0.05, 0) is 61.8 Å². The van der Waals surface area contributed by atoms with Crippen molar-refractivity contribution >= 4 is 29.9 Å². The summed E-state index contributed by atoms with van der Waals surface area (Å²) in [6, 6.07) is 5.41. The minimum absolute atomic E-state index is 0. The first-order valence-electron chi connectivity index (χ1n) is 8.27. The van der Waals surface area contributed by atoms with Gasteiger partial charge in [0.25, 0.3) is 5.91 Å². The Morgan fingerprint density at radius 2 is 1.88 bits per heavy atom. The highest BCUT2D eigenvalue weighted by Crippen LogP contribution is 2.47. The summed E-state index contributed by atoms with van der Waals surface area (Å²) in [5, 5.41) is 2.99. The molecule has 0 aliphatic heterocycles. The van der Waals surface area contributed by atoms with Crippen LogP contribution in [0.5, 0.6) is 0 Å². The SMILES string of the molecule is Cc1cc(NC(=O)C2C3CCC(C3)C2N)ccc1C(=O)N(C)C.Cl. The van der Waals surface area contributed by atoms with Crippen LogP contribution in [0.2, 0.25) is 0 Å². The molecule has 1 aromatic carbocycles. The van der Waals surface area contributed by atoms with Gasteiger partial charge in [0, 0.05) is 31.4 Å². The molecule has 2 aliphatic carbocycles. The predicted molar refractivity (Wildman–Crippen MR) is 97.4 cm³/mol. The van der Waals surface area contributed by atoms with Crippen molar-refractivity contribution in [2.75, 3.05) is 19.4 Å². The van der Waals surface area contributed by atoms with Gasteiger partial charge in [0.2, 0.25) is 5.91 Å². The van der Waals surface area contributed by atoms with Gasteiger partial charge in [0.1, 0.15) is 0 Å². The molecule has 0 saturated heterocycles. The van der Waals surface area contributed by atoms with Crippen LogP contribution in [0, 0.1) is 24.7 Å². The summed E-state index contributed by atoms with van der Waals surface area (Å²) < 4.78 is 0. The third-order valence-corrected chi connectivity index (χ3v) is 5.41. The lowest BCUT2D eigenvalue weighted by Crippen LogP contribution is -2.42. The number of nitrogens with one attached hydrogen (secondary N) is 1. The normalized spacial score (nSPS) is 27.5. The minimum Gasteiger partial charge on any atom is -0.345 e. The molecule has 4 atom stereocenters. The standard InChI is InChI=1S/C18H25N3O2.ClH/c1-10-8-13(6-7-14(10)18(23)21(2)3)20-17(22)15-11-4-5-12(9-11)16(15)19;/h6-8,11-12,15-16H,4-5,9,19H2,1-3H3,(H,20,22);1H. The van der Waals surface area contributed by atoms with Crippen molar-refractivity contribution in [1.29, 1.82) is 0 Å². The van der Waals surface area contributed by atoms with E-state index in [9.17, 15) is 9.59 Å². The molecule has 0 heterocycles. The van der Waals surface area contributed by atoms with Crippen molar-refractivity contribution in [3.63, 3.8) is 0 Å². The number of benzene rings is 1. The van der Waals surface area contributed by atoms with Gasteiger partial charge in [0.15, 0.2) is 0 Å². The average Bonchev–Trinajstić information content (AvgIpc) is 3.07. The number of halogens is 1. The van der Waals surface area contributed by atoms with Gasteiger partial charge in [-0.2, -0.15) is 0 Å². The van der Waals surface area contributed by atoms with Gasteiger partial charge >= 0.3 is 0 Å². The van der Waals surface area contributed by atoms with Crippen molar-refractivity contribution in [2.45, 2.75) is 32.2 Å². The molecule has 3 rings (SSSR count). The lowest BCUT2D eigenvalue weighted by atomic mass is 9.84. The molecule has 2 aliphatic rings. The number of nitrogens with zero attached hydrogens (tertiary/aromatic N) is 1. The smallest absolute Gasteiger partial charge is 0.253 e. The molecule has 0 aromatic heterocycles. The molecule has 1 aromatic rings. The molecule has 2 saturated carbocycles. The van der Waals surface area contributed by atoms with Gasteiger partial charge in [-0.25, -0.2) is 0 Å². The quantitative estimate of drug-likeness (QED) is 0.878. The van der Waals surface area contributed by atoms with Crippen molar-refractivity contribution in [3.8, 4) is 0 Å². The number of hydrogen-bond donors (Lipinski definition) is 2. The van der Waals surface area contributed by atoms with Gasteiger partial charge in [0.05, 0.1) is 5.92 Å². The number of hydrogen-bond acceptors (Lipinski definition) is 3. The molecule has 132 valence electrons. The molecule has 4 unspecified atom stereocenters. The zero-order valence-corrected chi connectivity index (χ0v) is 15.2. The van der Waals surface area contributed by atoms with Crippen molar-refractivity contribution < 1.29 is 9.59 Å². The van der Waals surface area contributed by atoms with Crippen LogP contribution >= 0.6 is 12.4 Å². The first-order chi connectivity index (χ1) is 10.9. The summed E-state index contributed by atoms with van der Waals surface area (Å²) in [7, 11) is 3.46. The predicted octanol–water partition coefficient (Wildman–Crippen LogP) is 2.43. The van der Waals surface area contributed by atoms with Gasteiger partial charge < -0.3 is 16.0 Å². The van der Waals surface area contributed by atoms with Gasteiger partial charge in [-0.15, -0.1) is 12.4 Å². The Morgan fingerprint density at radius 3 is 2.42 bits per heavy atom. The highest BCUT2D eigenvalue weighted by atomic mass is 35.5. The van der Waals surface area contributed by atoms with E-state index >= 15 is 0 Å². The lowest BCUT2D eigenvalue weighted by molar-refractivity contribution is -0.121. The van der Waals surface area contributed by atoms with E-state index in [2.05, 4.69) is 5.32 Å². The molecule has 2 fully saturated rings. The molecule has 2 amide bonds. The van der Waals surface area contributed by atoms with E-state index in [1.807, 2.05) is 13.0 Å². The number of amides is 2. The van der Waals surface area contributed by atoms with E-state index in [4.69, 9.17) is 5.73 Å². The highest BCUT2D eigenvalue weighted by Gasteiger charge is 2.49. The maximum atomic E-state index is 12.6. The second-order valence-electron chi connectivity index (χ2n) is 7.15. The molecular weight excluding hydrogens is 326 g/mol. The molecule has 0 radical (unpaired) electrons. The fraction of sp³-hybridized carbons (Fsp3) is 0.556. The summed E-state index contributed by atoms with van der Waals surface area (Å²) in [5.74, 6) is 0.867. The van der Waals surface area contributed by atoms with E-state index in [1.165, 1.54) is 0 Å². The molecular formula is C18H26ClN3O2. The van der Waals surface area contributed by atoms with Crippen LogP contribution in [0.4, 0.5) is 5.69 Å². The molecule has 5 nitrogen and oxygen atoms in total. The zero-order valence-electron chi connectivity index (χ0n) is 14.4. The Morgan fingerprint density at radius 1 is 1.21 bits per heavy atom. The largest absolute Gasteiger partial charge is 0.345 e. The van der Waals surface area contributed by atoms with Crippen LogP contribution < -0.4 is 11.1 Å². The maximum absolute atomic E-state index is 12.6. The first kappa shape index (κ1) is 18.7. The maximum Gasteiger partial charge on any atom is 0.253 e. The van der Waals surface area contributed by atoms with Gasteiger partial charge in [-0.3, -0.25) is 9.59 Å². The summed E-state index contributed by atoms with van der Waals surface area (Å²) >= 11 is 0. The Hall–Kier alpha value is -1.59. The van der Waals surface area contributed by atoms with Crippen LogP contribution in [0.3, 0.4) is 0 Å². The number of carbonyl (C=O) groups excluding carboxylic acids is 2. The van der Waals surface area contributed by atoms with E-state index in [0.717, 1.165) is 30.5 Å². The molecule has 24 heavy (non-hydrogen) atoms. The lowest BCUT2D eigenvalue weighted by Gasteiger charge is -2.27. The Balaban J connectivity index is 0.00000208. The first-order valence-corrected chi connectivity index (χ1v) is 8.27. The average molecular weight is 352 g/mol. The Kier molecular flexibility index (Phi) is 5.56. The van der Waals surface area contributed by atoms with Crippen LogP contribution in [-0.2, 0) is 4.79 Å². The fourth-order valence-corrected chi connectivity index (χ4v) is 4.17. The summed E-state index contributed by atoms with van der Waals surface area (Å²) in [6.07, 6.45) is 3.37. The third kappa shape index (κ3) is 3.28. The fourth-order valence-electron chi connectivity index (χ4n) is 4.17. The zero-order chi connectivity index (χ0) is 16.7. The second-order valence-corrected chi connectivity index (χ2v) is 7.15. The monoisotopic (exact) mass is 351 g/mol. The van der Waals surface area contributed by atoms with Crippen LogP contribution in [0.15, 0.2) is 18.2 Å². The number of carbonyl (C=O) groups is 2. The molecule has 0 spiro atoms. The number of anilines is 1. The van der Waals surface area contributed by atoms with Crippen LogP contribution in [0.25, 0.3) is 0 Å². The minimum atomic E-state index is -0.0721. The second kappa shape index (κ2) is 7.11. The summed E-state index contributed by atoms with van der Waals surface area (Å²) in [5.41, 5.74) is 8.49. The van der Waals surface area contributed by atoms with Crippen LogP contribution in [-0.4, -0.2) is 36.9 Å². The van der Waals surface area contributed by atoms with E-state index < -0.39 is 0 Å². The third-order valence-electron chi connectivity index (χ3n) is 5.41. The number of rotatable bonds is 3. The molecule has 3 N–H and O–H groups in total. The molecule has 2 bridgehead atoms. The number of aryl methyl sites for hydroxylation is 1. The highest BCUT2D eigenvalue weighted by molar-refractivity contribution is 5.97. The van der Waals surface area contributed by atoms with Crippen LogP contribution in [0.1, 0.15) is 35.2 Å².